The Balaban J connectivity index is 2.78. The van der Waals surface area contributed by atoms with Crippen LogP contribution in [0.4, 0.5) is 0 Å². The van der Waals surface area contributed by atoms with Crippen molar-refractivity contribution in [3.63, 3.8) is 0 Å². The zero-order valence-electron chi connectivity index (χ0n) is 8.34. The Labute approximate surface area is 82.6 Å². The number of hydrogen-bond donors (Lipinski definition) is 2. The van der Waals surface area contributed by atoms with Gasteiger partial charge in [-0.05, 0) is 6.42 Å². The number of carboxylic acid groups (broad SMARTS) is 1. The van der Waals surface area contributed by atoms with Gasteiger partial charge in [0.1, 0.15) is 6.10 Å². The fourth-order valence-corrected chi connectivity index (χ4v) is 1.92. The number of ether oxygens (including phenoxy) is 2. The molecule has 1 rings (SSSR count). The van der Waals surface area contributed by atoms with Gasteiger partial charge in [-0.2, -0.15) is 0 Å². The van der Waals surface area contributed by atoms with Gasteiger partial charge in [0.05, 0.1) is 12.7 Å². The van der Waals surface area contributed by atoms with Crippen molar-refractivity contribution in [3.05, 3.63) is 0 Å². The van der Waals surface area contributed by atoms with E-state index in [1.807, 2.05) is 6.92 Å². The molecule has 1 heterocycles. The fraction of sp³-hybridized carbons (Fsp3) is 0.889. The van der Waals surface area contributed by atoms with Gasteiger partial charge in [-0.3, -0.25) is 0 Å². The normalized spacial score (nSPS) is 37.4. The van der Waals surface area contributed by atoms with Crippen molar-refractivity contribution in [1.29, 1.82) is 0 Å². The van der Waals surface area contributed by atoms with E-state index in [0.717, 1.165) is 0 Å². The molecule has 0 amide bonds. The molecule has 1 fully saturated rings. The van der Waals surface area contributed by atoms with Crippen LogP contribution in [0.1, 0.15) is 13.3 Å². The minimum absolute atomic E-state index is 0.110. The molecule has 1 aliphatic rings. The summed E-state index contributed by atoms with van der Waals surface area (Å²) in [5.41, 5.74) is 0. The van der Waals surface area contributed by atoms with E-state index in [0.29, 0.717) is 6.42 Å². The second-order valence-corrected chi connectivity index (χ2v) is 3.39. The van der Waals surface area contributed by atoms with Gasteiger partial charge in [0.2, 0.25) is 0 Å². The molecule has 5 heteroatoms. The number of aliphatic carboxylic acids is 1. The summed E-state index contributed by atoms with van der Waals surface area (Å²) in [4.78, 5) is 10.8. The summed E-state index contributed by atoms with van der Waals surface area (Å²) < 4.78 is 10.3. The summed E-state index contributed by atoms with van der Waals surface area (Å²) in [6.07, 6.45) is -1.06. The summed E-state index contributed by atoms with van der Waals surface area (Å²) in [7, 11) is 1.44. The molecule has 0 aliphatic carbocycles. The molecule has 1 saturated heterocycles. The van der Waals surface area contributed by atoms with Crippen molar-refractivity contribution in [3.8, 4) is 0 Å². The molecule has 0 radical (unpaired) electrons. The third-order valence-corrected chi connectivity index (χ3v) is 2.65. The number of hydrogen-bond acceptors (Lipinski definition) is 4. The van der Waals surface area contributed by atoms with E-state index < -0.39 is 18.2 Å². The third-order valence-electron chi connectivity index (χ3n) is 2.65. The molecule has 1 unspecified atom stereocenters. The largest absolute Gasteiger partial charge is 0.479 e. The monoisotopic (exact) mass is 204 g/mol. The second-order valence-electron chi connectivity index (χ2n) is 3.39. The lowest BCUT2D eigenvalue weighted by molar-refractivity contribution is -0.154. The average Bonchev–Trinajstić information content (AvgIpc) is 2.54. The van der Waals surface area contributed by atoms with Gasteiger partial charge in [-0.15, -0.1) is 0 Å². The van der Waals surface area contributed by atoms with Crippen molar-refractivity contribution >= 4 is 5.97 Å². The van der Waals surface area contributed by atoms with E-state index in [2.05, 4.69) is 0 Å². The Morgan fingerprint density at radius 2 is 2.21 bits per heavy atom. The van der Waals surface area contributed by atoms with Crippen molar-refractivity contribution in [1.82, 2.24) is 0 Å². The number of aliphatic hydroxyl groups excluding tert-OH is 1. The van der Waals surface area contributed by atoms with E-state index in [4.69, 9.17) is 19.7 Å². The first-order chi connectivity index (χ1) is 6.65. The number of carbonyl (C=O) groups is 1. The molecular formula is C9H16O5. The molecule has 0 spiro atoms. The minimum Gasteiger partial charge on any atom is -0.479 e. The maximum atomic E-state index is 10.8. The lowest BCUT2D eigenvalue weighted by Gasteiger charge is -2.18. The van der Waals surface area contributed by atoms with Crippen molar-refractivity contribution in [2.45, 2.75) is 31.7 Å². The molecule has 0 aromatic heterocycles. The zero-order valence-corrected chi connectivity index (χ0v) is 8.34. The molecule has 14 heavy (non-hydrogen) atoms. The Bertz CT molecular complexity index is 205. The van der Waals surface area contributed by atoms with Gasteiger partial charge in [-0.1, -0.05) is 6.92 Å². The maximum Gasteiger partial charge on any atom is 0.335 e. The molecule has 5 nitrogen and oxygen atoms in total. The minimum atomic E-state index is -1.04. The van der Waals surface area contributed by atoms with Crippen molar-refractivity contribution in [2.24, 2.45) is 5.92 Å². The molecule has 4 atom stereocenters. The molecule has 82 valence electrons. The van der Waals surface area contributed by atoms with Gasteiger partial charge in [0, 0.05) is 13.0 Å². The van der Waals surface area contributed by atoms with E-state index in [1.54, 1.807) is 0 Å². The molecule has 1 aliphatic heterocycles. The Morgan fingerprint density at radius 3 is 2.57 bits per heavy atom. The van der Waals surface area contributed by atoms with Gasteiger partial charge in [0.15, 0.2) is 6.10 Å². The first kappa shape index (κ1) is 11.4. The van der Waals surface area contributed by atoms with Crippen LogP contribution < -0.4 is 0 Å². The number of carboxylic acids is 1. The first-order valence-corrected chi connectivity index (χ1v) is 4.67. The molecular weight excluding hydrogens is 188 g/mol. The molecule has 2 N–H and O–H groups in total. The SMILES string of the molecule is CCC1O[C@@H](C(=O)O)[C@@H](OC)[C@@H]1CO. The van der Waals surface area contributed by atoms with Crippen LogP contribution in [0.2, 0.25) is 0 Å². The van der Waals surface area contributed by atoms with E-state index in [-0.39, 0.29) is 18.6 Å². The highest BCUT2D eigenvalue weighted by molar-refractivity contribution is 5.73. The van der Waals surface area contributed by atoms with Crippen LogP contribution >= 0.6 is 0 Å². The van der Waals surface area contributed by atoms with Crippen LogP contribution in [0.5, 0.6) is 0 Å². The number of methoxy groups -OCH3 is 1. The second kappa shape index (κ2) is 4.72. The van der Waals surface area contributed by atoms with Gasteiger partial charge in [0.25, 0.3) is 0 Å². The summed E-state index contributed by atoms with van der Waals surface area (Å²) in [5.74, 6) is -1.28. The average molecular weight is 204 g/mol. The van der Waals surface area contributed by atoms with Crippen LogP contribution in [-0.2, 0) is 14.3 Å². The Hall–Kier alpha value is -0.650. The van der Waals surface area contributed by atoms with Crippen molar-refractivity contribution in [2.75, 3.05) is 13.7 Å². The van der Waals surface area contributed by atoms with Crippen LogP contribution in [0.3, 0.4) is 0 Å². The third kappa shape index (κ3) is 1.89. The smallest absolute Gasteiger partial charge is 0.335 e. The highest BCUT2D eigenvalue weighted by Crippen LogP contribution is 2.30. The standard InChI is InChI=1S/C9H16O5/c1-3-6-5(4-10)7(13-2)8(14-6)9(11)12/h5-8,10H,3-4H2,1-2H3,(H,11,12)/t5-,6?,7+,8-/m1/s1. The van der Waals surface area contributed by atoms with E-state index in [9.17, 15) is 4.79 Å². The van der Waals surface area contributed by atoms with Gasteiger partial charge >= 0.3 is 5.97 Å². The molecule has 0 aromatic carbocycles. The summed E-state index contributed by atoms with van der Waals surface area (Å²) in [6.45, 7) is 1.78. The van der Waals surface area contributed by atoms with Gasteiger partial charge in [-0.25, -0.2) is 4.79 Å². The lowest BCUT2D eigenvalue weighted by atomic mass is 9.95. The van der Waals surface area contributed by atoms with Crippen LogP contribution in [0.25, 0.3) is 0 Å². The summed E-state index contributed by atoms with van der Waals surface area (Å²) >= 11 is 0. The number of aliphatic hydroxyl groups is 1. The van der Waals surface area contributed by atoms with E-state index in [1.165, 1.54) is 7.11 Å². The highest BCUT2D eigenvalue weighted by atomic mass is 16.6. The van der Waals surface area contributed by atoms with Crippen LogP contribution in [0, 0.1) is 5.92 Å². The Kier molecular flexibility index (Phi) is 3.86. The zero-order chi connectivity index (χ0) is 10.7. The summed E-state index contributed by atoms with van der Waals surface area (Å²) in [6, 6.07) is 0. The Morgan fingerprint density at radius 1 is 1.57 bits per heavy atom. The quantitative estimate of drug-likeness (QED) is 0.667. The van der Waals surface area contributed by atoms with Crippen LogP contribution in [0.15, 0.2) is 0 Å². The predicted octanol–water partition coefficient (Wildman–Crippen LogP) is -0.128. The number of rotatable bonds is 4. The molecule has 0 saturated carbocycles. The fourth-order valence-electron chi connectivity index (χ4n) is 1.92. The van der Waals surface area contributed by atoms with E-state index >= 15 is 0 Å². The van der Waals surface area contributed by atoms with Crippen molar-refractivity contribution < 1.29 is 24.5 Å². The van der Waals surface area contributed by atoms with Gasteiger partial charge < -0.3 is 19.7 Å². The molecule has 0 bridgehead atoms. The predicted molar refractivity (Wildman–Crippen MR) is 48.0 cm³/mol. The topological polar surface area (TPSA) is 76.0 Å². The summed E-state index contributed by atoms with van der Waals surface area (Å²) in [5, 5.41) is 18.0. The maximum absolute atomic E-state index is 10.8. The molecule has 0 aromatic rings. The lowest BCUT2D eigenvalue weighted by Crippen LogP contribution is -2.36. The first-order valence-electron chi connectivity index (χ1n) is 4.67. The highest BCUT2D eigenvalue weighted by Gasteiger charge is 2.47. The van der Waals surface area contributed by atoms with Crippen LogP contribution in [-0.4, -0.2) is 48.2 Å².